The molecule has 1 aromatic heterocycles. The molecule has 5 heteroatoms. The fourth-order valence-electron chi connectivity index (χ4n) is 1.90. The zero-order valence-corrected chi connectivity index (χ0v) is 11.1. The van der Waals surface area contributed by atoms with Gasteiger partial charge in [0, 0.05) is 18.8 Å². The van der Waals surface area contributed by atoms with Crippen molar-refractivity contribution >= 4 is 5.95 Å². The first-order chi connectivity index (χ1) is 9.79. The highest BCUT2D eigenvalue weighted by Crippen LogP contribution is 2.32. The molecule has 1 aliphatic rings. The fraction of sp³-hybridized carbons (Fsp3) is 0.333. The molecule has 104 valence electrons. The van der Waals surface area contributed by atoms with Crippen LogP contribution in [0.3, 0.4) is 0 Å². The average Bonchev–Trinajstić information content (AvgIpc) is 3.26. The van der Waals surface area contributed by atoms with Crippen LogP contribution in [0, 0.1) is 11.7 Å². The maximum atomic E-state index is 12.8. The summed E-state index contributed by atoms with van der Waals surface area (Å²) >= 11 is 0. The van der Waals surface area contributed by atoms with Crippen LogP contribution in [0.25, 0.3) is 0 Å². The van der Waals surface area contributed by atoms with Gasteiger partial charge in [0.1, 0.15) is 11.6 Å². The number of rotatable bonds is 6. The van der Waals surface area contributed by atoms with E-state index in [1.807, 2.05) is 0 Å². The summed E-state index contributed by atoms with van der Waals surface area (Å²) in [7, 11) is 0. The van der Waals surface area contributed by atoms with Crippen molar-refractivity contribution in [3.05, 3.63) is 42.3 Å². The Hall–Kier alpha value is -2.17. The van der Waals surface area contributed by atoms with Crippen LogP contribution in [-0.4, -0.2) is 16.5 Å². The lowest BCUT2D eigenvalue weighted by Gasteiger charge is -2.07. The van der Waals surface area contributed by atoms with Gasteiger partial charge in [-0.15, -0.1) is 0 Å². The summed E-state index contributed by atoms with van der Waals surface area (Å²) in [5, 5.41) is 3.19. The molecule has 1 heterocycles. The van der Waals surface area contributed by atoms with E-state index >= 15 is 0 Å². The molecular weight excluding hydrogens is 257 g/mol. The van der Waals surface area contributed by atoms with Gasteiger partial charge in [-0.1, -0.05) is 12.8 Å². The van der Waals surface area contributed by atoms with Crippen molar-refractivity contribution in [2.45, 2.75) is 19.3 Å². The summed E-state index contributed by atoms with van der Waals surface area (Å²) < 4.78 is 18.4. The second-order valence-electron chi connectivity index (χ2n) is 4.93. The Bertz CT molecular complexity index is 570. The fourth-order valence-corrected chi connectivity index (χ4v) is 1.90. The maximum Gasteiger partial charge on any atom is 0.225 e. The first-order valence-corrected chi connectivity index (χ1v) is 6.80. The number of nitrogens with zero attached hydrogens (tertiary/aromatic N) is 2. The van der Waals surface area contributed by atoms with E-state index in [0.717, 1.165) is 18.9 Å². The largest absolute Gasteiger partial charge is 0.439 e. The summed E-state index contributed by atoms with van der Waals surface area (Å²) in [4.78, 5) is 8.42. The van der Waals surface area contributed by atoms with Crippen molar-refractivity contribution in [3.8, 4) is 11.6 Å². The molecule has 0 atom stereocenters. The molecule has 4 nitrogen and oxygen atoms in total. The van der Waals surface area contributed by atoms with E-state index in [4.69, 9.17) is 4.74 Å². The third-order valence-electron chi connectivity index (χ3n) is 3.20. The Morgan fingerprint density at radius 2 is 2.00 bits per heavy atom. The molecule has 1 fully saturated rings. The summed E-state index contributed by atoms with van der Waals surface area (Å²) in [6.07, 6.45) is 5.49. The lowest BCUT2D eigenvalue weighted by atomic mass is 10.3. The second kappa shape index (κ2) is 5.86. The number of aromatic nitrogens is 2. The molecule has 0 spiro atoms. The van der Waals surface area contributed by atoms with Gasteiger partial charge < -0.3 is 10.1 Å². The van der Waals surface area contributed by atoms with Gasteiger partial charge in [-0.05, 0) is 36.6 Å². The summed E-state index contributed by atoms with van der Waals surface area (Å²) in [6.45, 7) is 0.880. The maximum absolute atomic E-state index is 12.8. The van der Waals surface area contributed by atoms with Gasteiger partial charge in [0.2, 0.25) is 11.8 Å². The Kier molecular flexibility index (Phi) is 3.76. The molecule has 0 aliphatic heterocycles. The SMILES string of the molecule is Fc1ccc(Oc2ccnc(NCCC3CC3)n2)cc1. The van der Waals surface area contributed by atoms with E-state index in [-0.39, 0.29) is 5.82 Å². The molecule has 1 aromatic carbocycles. The van der Waals surface area contributed by atoms with E-state index in [1.54, 1.807) is 24.4 Å². The minimum atomic E-state index is -0.289. The number of nitrogens with one attached hydrogen (secondary N) is 1. The molecule has 0 amide bonds. The van der Waals surface area contributed by atoms with Gasteiger partial charge in [0.15, 0.2) is 0 Å². The van der Waals surface area contributed by atoms with Crippen LogP contribution in [0.5, 0.6) is 11.6 Å². The van der Waals surface area contributed by atoms with E-state index < -0.39 is 0 Å². The Morgan fingerprint density at radius 3 is 2.75 bits per heavy atom. The molecule has 1 aliphatic carbocycles. The molecule has 3 rings (SSSR count). The minimum absolute atomic E-state index is 0.289. The first-order valence-electron chi connectivity index (χ1n) is 6.80. The van der Waals surface area contributed by atoms with Crippen molar-refractivity contribution in [2.75, 3.05) is 11.9 Å². The third-order valence-corrected chi connectivity index (χ3v) is 3.20. The first kappa shape index (κ1) is 12.8. The number of hydrogen-bond acceptors (Lipinski definition) is 4. The van der Waals surface area contributed by atoms with Crippen LogP contribution < -0.4 is 10.1 Å². The quantitative estimate of drug-likeness (QED) is 0.873. The smallest absolute Gasteiger partial charge is 0.225 e. The Balaban J connectivity index is 1.59. The predicted octanol–water partition coefficient (Wildman–Crippen LogP) is 3.62. The van der Waals surface area contributed by atoms with Crippen molar-refractivity contribution in [1.82, 2.24) is 9.97 Å². The van der Waals surface area contributed by atoms with Crippen LogP contribution >= 0.6 is 0 Å². The number of ether oxygens (including phenoxy) is 1. The van der Waals surface area contributed by atoms with Crippen LogP contribution in [0.15, 0.2) is 36.5 Å². The van der Waals surface area contributed by atoms with E-state index in [1.165, 1.54) is 25.0 Å². The normalized spacial score (nSPS) is 14.1. The third kappa shape index (κ3) is 3.66. The topological polar surface area (TPSA) is 47.0 Å². The van der Waals surface area contributed by atoms with Crippen LogP contribution in [0.1, 0.15) is 19.3 Å². The molecule has 0 bridgehead atoms. The molecular formula is C15H16FN3O. The van der Waals surface area contributed by atoms with Gasteiger partial charge in [0.25, 0.3) is 0 Å². The molecule has 2 aromatic rings. The Labute approximate surface area is 117 Å². The number of anilines is 1. The van der Waals surface area contributed by atoms with Crippen molar-refractivity contribution < 1.29 is 9.13 Å². The van der Waals surface area contributed by atoms with E-state index in [0.29, 0.717) is 17.6 Å². The van der Waals surface area contributed by atoms with Crippen LogP contribution in [0.2, 0.25) is 0 Å². The summed E-state index contributed by atoms with van der Waals surface area (Å²) in [5.41, 5.74) is 0. The van der Waals surface area contributed by atoms with Gasteiger partial charge >= 0.3 is 0 Å². The molecule has 0 saturated heterocycles. The highest BCUT2D eigenvalue weighted by Gasteiger charge is 2.20. The van der Waals surface area contributed by atoms with Gasteiger partial charge in [-0.25, -0.2) is 9.37 Å². The summed E-state index contributed by atoms with van der Waals surface area (Å²) in [5.74, 6) is 2.14. The zero-order valence-electron chi connectivity index (χ0n) is 11.1. The Morgan fingerprint density at radius 1 is 1.20 bits per heavy atom. The number of hydrogen-bond donors (Lipinski definition) is 1. The zero-order chi connectivity index (χ0) is 13.8. The monoisotopic (exact) mass is 273 g/mol. The van der Waals surface area contributed by atoms with E-state index in [2.05, 4.69) is 15.3 Å². The molecule has 0 unspecified atom stereocenters. The predicted molar refractivity (Wildman–Crippen MR) is 74.3 cm³/mol. The average molecular weight is 273 g/mol. The molecule has 20 heavy (non-hydrogen) atoms. The summed E-state index contributed by atoms with van der Waals surface area (Å²) in [6, 6.07) is 7.52. The van der Waals surface area contributed by atoms with Crippen molar-refractivity contribution in [3.63, 3.8) is 0 Å². The lowest BCUT2D eigenvalue weighted by molar-refractivity contribution is 0.460. The highest BCUT2D eigenvalue weighted by molar-refractivity contribution is 5.31. The number of benzene rings is 1. The molecule has 1 N–H and O–H groups in total. The van der Waals surface area contributed by atoms with Crippen molar-refractivity contribution in [1.29, 1.82) is 0 Å². The van der Waals surface area contributed by atoms with E-state index in [9.17, 15) is 4.39 Å². The highest BCUT2D eigenvalue weighted by atomic mass is 19.1. The minimum Gasteiger partial charge on any atom is -0.439 e. The molecule has 0 radical (unpaired) electrons. The standard InChI is InChI=1S/C15H16FN3O/c16-12-3-5-13(6-4-12)20-14-8-10-18-15(19-14)17-9-7-11-1-2-11/h3-6,8,10-11H,1-2,7,9H2,(H,17,18,19). The lowest BCUT2D eigenvalue weighted by Crippen LogP contribution is -2.06. The van der Waals surface area contributed by atoms with Gasteiger partial charge in [-0.2, -0.15) is 4.98 Å². The second-order valence-corrected chi connectivity index (χ2v) is 4.93. The van der Waals surface area contributed by atoms with Crippen LogP contribution in [0.4, 0.5) is 10.3 Å². The molecule has 1 saturated carbocycles. The number of halogens is 1. The van der Waals surface area contributed by atoms with Crippen LogP contribution in [-0.2, 0) is 0 Å². The van der Waals surface area contributed by atoms with Gasteiger partial charge in [0.05, 0.1) is 0 Å². The van der Waals surface area contributed by atoms with Gasteiger partial charge in [-0.3, -0.25) is 0 Å². The van der Waals surface area contributed by atoms with Crippen molar-refractivity contribution in [2.24, 2.45) is 5.92 Å².